The Hall–Kier alpha value is -2.14. The van der Waals surface area contributed by atoms with Gasteiger partial charge in [-0.25, -0.2) is 4.79 Å². The van der Waals surface area contributed by atoms with E-state index in [4.69, 9.17) is 5.73 Å². The van der Waals surface area contributed by atoms with Crippen LogP contribution in [0.2, 0.25) is 0 Å². The number of aromatic nitrogens is 3. The minimum absolute atomic E-state index is 0.102. The fraction of sp³-hybridized carbons (Fsp3) is 0.615. The first kappa shape index (κ1) is 16.7. The second-order valence-electron chi connectivity index (χ2n) is 6.18. The van der Waals surface area contributed by atoms with Gasteiger partial charge >= 0.3 is 11.9 Å². The quantitative estimate of drug-likeness (QED) is 0.425. The highest BCUT2D eigenvalue weighted by atomic mass is 32.2. The topological polar surface area (TPSA) is 171 Å². The molecule has 1 amide bonds. The average Bonchev–Trinajstić information content (AvgIpc) is 2.90. The molecule has 0 bridgehead atoms. The molecule has 2 aliphatic carbocycles. The Morgan fingerprint density at radius 1 is 1.50 bits per heavy atom. The number of nitrogens with zero attached hydrogens (tertiary/aromatic N) is 2. The zero-order chi connectivity index (χ0) is 17.6. The third-order valence-electron chi connectivity index (χ3n) is 4.68. The van der Waals surface area contributed by atoms with Crippen LogP contribution in [0.1, 0.15) is 13.3 Å². The standard InChI is InChI=1S/C13H17N5O5S/c1-4(14)9(19)17-13(11(22)23)2-5(24-12-15-3-16-18-12)6-7(8(6)13)10(20)21/h3-8H,2,14H2,1H3,(H,17,19)(H,20,21)(H,22,23)(H,15,16,18)/t4-,5+,6-,7-,8-,13-/m0/s1. The van der Waals surface area contributed by atoms with Gasteiger partial charge < -0.3 is 26.2 Å². The van der Waals surface area contributed by atoms with Gasteiger partial charge in [0, 0.05) is 11.2 Å². The van der Waals surface area contributed by atoms with Gasteiger partial charge in [0.1, 0.15) is 11.9 Å². The number of nitrogens with one attached hydrogen (secondary N) is 2. The van der Waals surface area contributed by atoms with Crippen molar-refractivity contribution in [2.24, 2.45) is 23.5 Å². The zero-order valence-corrected chi connectivity index (χ0v) is 13.5. The number of rotatable bonds is 6. The first-order valence-corrected chi connectivity index (χ1v) is 8.22. The molecule has 2 saturated carbocycles. The van der Waals surface area contributed by atoms with Crippen LogP contribution in [0.4, 0.5) is 0 Å². The van der Waals surface area contributed by atoms with Crippen LogP contribution in [-0.4, -0.2) is 60.1 Å². The Balaban J connectivity index is 1.90. The van der Waals surface area contributed by atoms with Crippen LogP contribution >= 0.6 is 11.8 Å². The highest BCUT2D eigenvalue weighted by Gasteiger charge is 2.75. The molecule has 6 N–H and O–H groups in total. The molecular formula is C13H17N5O5S. The van der Waals surface area contributed by atoms with E-state index in [1.807, 2.05) is 0 Å². The maximum atomic E-state index is 12.0. The summed E-state index contributed by atoms with van der Waals surface area (Å²) >= 11 is 1.25. The molecule has 24 heavy (non-hydrogen) atoms. The smallest absolute Gasteiger partial charge is 0.329 e. The van der Waals surface area contributed by atoms with Crippen LogP contribution in [0.25, 0.3) is 0 Å². The minimum Gasteiger partial charge on any atom is -0.481 e. The van der Waals surface area contributed by atoms with Crippen molar-refractivity contribution in [1.82, 2.24) is 20.5 Å². The van der Waals surface area contributed by atoms with Crippen LogP contribution < -0.4 is 11.1 Å². The van der Waals surface area contributed by atoms with Gasteiger partial charge in [-0.3, -0.25) is 9.59 Å². The molecular weight excluding hydrogens is 338 g/mol. The fourth-order valence-corrected chi connectivity index (χ4v) is 4.95. The summed E-state index contributed by atoms with van der Waals surface area (Å²) in [6.45, 7) is 1.44. The lowest BCUT2D eigenvalue weighted by molar-refractivity contribution is -0.149. The maximum Gasteiger partial charge on any atom is 0.329 e. The van der Waals surface area contributed by atoms with Gasteiger partial charge in [0.2, 0.25) is 5.91 Å². The van der Waals surface area contributed by atoms with Crippen LogP contribution in [0.15, 0.2) is 11.5 Å². The van der Waals surface area contributed by atoms with Crippen LogP contribution in [0.3, 0.4) is 0 Å². The van der Waals surface area contributed by atoms with Crippen molar-refractivity contribution in [3.63, 3.8) is 0 Å². The van der Waals surface area contributed by atoms with Crippen molar-refractivity contribution in [1.29, 1.82) is 0 Å². The van der Waals surface area contributed by atoms with Crippen molar-refractivity contribution >= 4 is 29.6 Å². The van der Waals surface area contributed by atoms with E-state index in [-0.39, 0.29) is 17.6 Å². The predicted octanol–water partition coefficient (Wildman–Crippen LogP) is -1.10. The molecule has 3 rings (SSSR count). The number of carbonyl (C=O) groups excluding carboxylic acids is 1. The lowest BCUT2D eigenvalue weighted by atomic mass is 9.89. The minimum atomic E-state index is -1.63. The Morgan fingerprint density at radius 2 is 2.21 bits per heavy atom. The average molecular weight is 355 g/mol. The van der Waals surface area contributed by atoms with Gasteiger partial charge in [-0.05, 0) is 19.3 Å². The molecule has 2 fully saturated rings. The number of hydrogen-bond acceptors (Lipinski definition) is 7. The molecule has 2 aliphatic rings. The lowest BCUT2D eigenvalue weighted by Gasteiger charge is -2.30. The second kappa shape index (κ2) is 5.74. The summed E-state index contributed by atoms with van der Waals surface area (Å²) in [4.78, 5) is 38.2. The fourth-order valence-electron chi connectivity index (χ4n) is 3.61. The number of aliphatic carboxylic acids is 2. The number of carboxylic acid groups (broad SMARTS) is 2. The number of aromatic amines is 1. The third kappa shape index (κ3) is 2.53. The van der Waals surface area contributed by atoms with Gasteiger partial charge in [0.15, 0.2) is 5.16 Å². The normalized spacial score (nSPS) is 35.1. The number of amides is 1. The van der Waals surface area contributed by atoms with E-state index in [9.17, 15) is 24.6 Å². The van der Waals surface area contributed by atoms with Crippen molar-refractivity contribution in [2.75, 3.05) is 0 Å². The van der Waals surface area contributed by atoms with Gasteiger partial charge in [0.05, 0.1) is 12.0 Å². The van der Waals surface area contributed by atoms with E-state index in [2.05, 4.69) is 20.5 Å². The van der Waals surface area contributed by atoms with E-state index in [1.165, 1.54) is 25.0 Å². The molecule has 0 saturated heterocycles. The highest BCUT2D eigenvalue weighted by molar-refractivity contribution is 7.99. The summed E-state index contributed by atoms with van der Waals surface area (Å²) < 4.78 is 0. The summed E-state index contributed by atoms with van der Waals surface area (Å²) in [7, 11) is 0. The summed E-state index contributed by atoms with van der Waals surface area (Å²) in [5, 5.41) is 29.3. The number of H-pyrrole nitrogens is 1. The Kier molecular flexibility index (Phi) is 4.00. The largest absolute Gasteiger partial charge is 0.481 e. The Labute approximate surface area is 140 Å². The van der Waals surface area contributed by atoms with E-state index in [1.54, 1.807) is 0 Å². The Morgan fingerprint density at radius 3 is 2.71 bits per heavy atom. The molecule has 1 heterocycles. The third-order valence-corrected chi connectivity index (χ3v) is 5.89. The number of carboxylic acids is 2. The van der Waals surface area contributed by atoms with Gasteiger partial charge in [-0.2, -0.15) is 0 Å². The van der Waals surface area contributed by atoms with E-state index in [0.717, 1.165) is 0 Å². The predicted molar refractivity (Wildman–Crippen MR) is 80.9 cm³/mol. The van der Waals surface area contributed by atoms with Crippen molar-refractivity contribution < 1.29 is 24.6 Å². The summed E-state index contributed by atoms with van der Waals surface area (Å²) in [5.74, 6) is -4.76. The monoisotopic (exact) mass is 355 g/mol. The van der Waals surface area contributed by atoms with E-state index in [0.29, 0.717) is 5.16 Å². The zero-order valence-electron chi connectivity index (χ0n) is 12.7. The molecule has 10 nitrogen and oxygen atoms in total. The first-order valence-electron chi connectivity index (χ1n) is 7.34. The number of thioether (sulfide) groups is 1. The molecule has 130 valence electrons. The van der Waals surface area contributed by atoms with Gasteiger partial charge in [0.25, 0.3) is 0 Å². The summed E-state index contributed by atoms with van der Waals surface area (Å²) in [6.07, 6.45) is 1.49. The molecule has 6 atom stereocenters. The van der Waals surface area contributed by atoms with Crippen LogP contribution in [0, 0.1) is 17.8 Å². The van der Waals surface area contributed by atoms with E-state index >= 15 is 0 Å². The number of fused-ring (bicyclic) bond motifs is 1. The number of carbonyl (C=O) groups is 3. The molecule has 1 aromatic rings. The van der Waals surface area contributed by atoms with Crippen LogP contribution in [0.5, 0.6) is 0 Å². The maximum absolute atomic E-state index is 12.0. The SMILES string of the molecule is C[C@H](N)C(=O)N[C@@]1(C(=O)O)C[C@@H](Sc2nnc[nH]2)[C@H]2[C@H](C(=O)O)[C@H]21. The van der Waals surface area contributed by atoms with Crippen LogP contribution in [-0.2, 0) is 14.4 Å². The number of hydrogen-bond donors (Lipinski definition) is 5. The molecule has 0 aromatic carbocycles. The highest BCUT2D eigenvalue weighted by Crippen LogP contribution is 2.65. The van der Waals surface area contributed by atoms with Gasteiger partial charge in [-0.1, -0.05) is 11.8 Å². The van der Waals surface area contributed by atoms with Crippen molar-refractivity contribution in [3.05, 3.63) is 6.33 Å². The molecule has 0 radical (unpaired) electrons. The molecule has 0 spiro atoms. The summed E-state index contributed by atoms with van der Waals surface area (Å²) in [6, 6.07) is -0.886. The molecule has 0 unspecified atom stereocenters. The lowest BCUT2D eigenvalue weighted by Crippen LogP contribution is -2.59. The molecule has 0 aliphatic heterocycles. The second-order valence-corrected chi connectivity index (χ2v) is 7.40. The molecule has 1 aromatic heterocycles. The molecule has 11 heteroatoms. The van der Waals surface area contributed by atoms with Crippen molar-refractivity contribution in [3.8, 4) is 0 Å². The summed E-state index contributed by atoms with van der Waals surface area (Å²) in [5.41, 5.74) is 3.89. The first-order chi connectivity index (χ1) is 11.3. The van der Waals surface area contributed by atoms with Gasteiger partial charge in [-0.15, -0.1) is 10.2 Å². The van der Waals surface area contributed by atoms with Crippen molar-refractivity contribution in [2.45, 2.75) is 35.3 Å². The number of nitrogens with two attached hydrogens (primary N) is 1. The Bertz CT molecular complexity index is 680. The van der Waals surface area contributed by atoms with E-state index < -0.39 is 41.3 Å².